The molecule has 3 aromatic carbocycles. The van der Waals surface area contributed by atoms with Crippen LogP contribution in [0.4, 0.5) is 0 Å². The lowest BCUT2D eigenvalue weighted by Gasteiger charge is -2.18. The minimum Gasteiger partial charge on any atom is -0.495 e. The maximum absolute atomic E-state index is 13.3. The second-order valence-corrected chi connectivity index (χ2v) is 11.5. The summed E-state index contributed by atoms with van der Waals surface area (Å²) in [5.41, 5.74) is 4.49. The lowest BCUT2D eigenvalue weighted by atomic mass is 9.95. The maximum atomic E-state index is 13.3. The quantitative estimate of drug-likeness (QED) is 0.445. The summed E-state index contributed by atoms with van der Waals surface area (Å²) < 4.78 is 37.2. The summed E-state index contributed by atoms with van der Waals surface area (Å²) in [6.07, 6.45) is 0.609. The van der Waals surface area contributed by atoms with Crippen LogP contribution in [0.15, 0.2) is 71.6 Å². The SMILES string of the molecule is COc1ccccc1S(=O)(=O)Cc1cccc(CC2CN(C(=O)c3cc(C)ccc3C)CC2OC)c1. The highest BCUT2D eigenvalue weighted by Gasteiger charge is 2.36. The van der Waals surface area contributed by atoms with Crippen molar-refractivity contribution in [1.82, 2.24) is 4.90 Å². The van der Waals surface area contributed by atoms with Crippen LogP contribution in [0.1, 0.15) is 32.6 Å². The summed E-state index contributed by atoms with van der Waals surface area (Å²) in [5, 5.41) is 0. The molecular formula is C29H33NO5S. The second-order valence-electron chi connectivity index (χ2n) is 9.50. The van der Waals surface area contributed by atoms with Gasteiger partial charge in [-0.1, -0.05) is 54.1 Å². The first-order valence-corrected chi connectivity index (χ1v) is 13.7. The number of methoxy groups -OCH3 is 2. The normalized spacial score (nSPS) is 17.8. The van der Waals surface area contributed by atoms with E-state index in [0.29, 0.717) is 30.8 Å². The molecule has 0 bridgehead atoms. The standard InChI is InChI=1S/C29H33NO5S/c1-20-12-13-21(2)25(14-20)29(31)30-17-24(27(18-30)35-4)16-22-8-7-9-23(15-22)19-36(32,33)28-11-6-5-10-26(28)34-3/h5-15,24,27H,16-19H2,1-4H3. The topological polar surface area (TPSA) is 72.9 Å². The van der Waals surface area contributed by atoms with Gasteiger partial charge in [0.15, 0.2) is 9.84 Å². The van der Waals surface area contributed by atoms with Crippen LogP contribution in [-0.2, 0) is 26.7 Å². The predicted octanol–water partition coefficient (Wildman–Crippen LogP) is 4.62. The Morgan fingerprint density at radius 2 is 1.69 bits per heavy atom. The summed E-state index contributed by atoms with van der Waals surface area (Å²) in [4.78, 5) is 15.3. The fraction of sp³-hybridized carbons (Fsp3) is 0.345. The summed E-state index contributed by atoms with van der Waals surface area (Å²) in [7, 11) is -0.427. The molecule has 1 heterocycles. The highest BCUT2D eigenvalue weighted by atomic mass is 32.2. The van der Waals surface area contributed by atoms with Gasteiger partial charge in [0.1, 0.15) is 10.6 Å². The molecular weight excluding hydrogens is 474 g/mol. The van der Waals surface area contributed by atoms with Gasteiger partial charge in [-0.2, -0.15) is 0 Å². The van der Waals surface area contributed by atoms with Crippen LogP contribution >= 0.6 is 0 Å². The lowest BCUT2D eigenvalue weighted by molar-refractivity contribution is 0.0679. The monoisotopic (exact) mass is 507 g/mol. The van der Waals surface area contributed by atoms with Crippen molar-refractivity contribution in [2.45, 2.75) is 37.0 Å². The van der Waals surface area contributed by atoms with E-state index in [1.54, 1.807) is 31.4 Å². The van der Waals surface area contributed by atoms with Crippen molar-refractivity contribution in [2.24, 2.45) is 5.92 Å². The van der Waals surface area contributed by atoms with Gasteiger partial charge in [-0.3, -0.25) is 4.79 Å². The van der Waals surface area contributed by atoms with Crippen LogP contribution in [0.5, 0.6) is 5.75 Å². The molecule has 1 amide bonds. The van der Waals surface area contributed by atoms with Crippen LogP contribution in [0.25, 0.3) is 0 Å². The fourth-order valence-electron chi connectivity index (χ4n) is 4.93. The number of amides is 1. The molecule has 1 saturated heterocycles. The van der Waals surface area contributed by atoms with Gasteiger partial charge in [0.05, 0.1) is 19.0 Å². The second kappa shape index (κ2) is 10.8. The van der Waals surface area contributed by atoms with E-state index in [-0.39, 0.29) is 28.6 Å². The van der Waals surface area contributed by atoms with Gasteiger partial charge in [0.25, 0.3) is 5.91 Å². The number of aryl methyl sites for hydroxylation is 2. The van der Waals surface area contributed by atoms with E-state index in [1.165, 1.54) is 7.11 Å². The summed E-state index contributed by atoms with van der Waals surface area (Å²) in [6, 6.07) is 20.3. The molecule has 1 aliphatic rings. The van der Waals surface area contributed by atoms with Crippen molar-refractivity contribution in [2.75, 3.05) is 27.3 Å². The first-order valence-electron chi connectivity index (χ1n) is 12.0. The minimum atomic E-state index is -3.58. The molecule has 36 heavy (non-hydrogen) atoms. The van der Waals surface area contributed by atoms with Gasteiger partial charge in [-0.05, 0) is 55.2 Å². The van der Waals surface area contributed by atoms with Gasteiger partial charge in [0, 0.05) is 31.7 Å². The van der Waals surface area contributed by atoms with E-state index in [1.807, 2.05) is 61.2 Å². The third kappa shape index (κ3) is 5.63. The number of hydrogen-bond acceptors (Lipinski definition) is 5. The maximum Gasteiger partial charge on any atom is 0.254 e. The molecule has 0 aliphatic carbocycles. The van der Waals surface area contributed by atoms with Crippen LogP contribution in [0.2, 0.25) is 0 Å². The highest BCUT2D eigenvalue weighted by Crippen LogP contribution is 2.29. The van der Waals surface area contributed by atoms with Crippen molar-refractivity contribution in [3.63, 3.8) is 0 Å². The molecule has 1 aliphatic heterocycles. The molecule has 1 fully saturated rings. The Bertz CT molecular complexity index is 1350. The molecule has 3 aromatic rings. The Hall–Kier alpha value is -3.16. The number of carbonyl (C=O) groups excluding carboxylic acids is 1. The summed E-state index contributed by atoms with van der Waals surface area (Å²) >= 11 is 0. The van der Waals surface area contributed by atoms with Crippen LogP contribution in [0.3, 0.4) is 0 Å². The zero-order valence-corrected chi connectivity index (χ0v) is 22.0. The number of para-hydroxylation sites is 1. The average molecular weight is 508 g/mol. The van der Waals surface area contributed by atoms with E-state index in [4.69, 9.17) is 9.47 Å². The Kier molecular flexibility index (Phi) is 7.81. The van der Waals surface area contributed by atoms with Crippen molar-refractivity contribution in [3.05, 3.63) is 94.5 Å². The third-order valence-corrected chi connectivity index (χ3v) is 8.57. The Morgan fingerprint density at radius 1 is 0.944 bits per heavy atom. The zero-order valence-electron chi connectivity index (χ0n) is 21.2. The third-order valence-electron chi connectivity index (χ3n) is 6.84. The van der Waals surface area contributed by atoms with Crippen molar-refractivity contribution >= 4 is 15.7 Å². The largest absolute Gasteiger partial charge is 0.495 e. The number of hydrogen-bond donors (Lipinski definition) is 0. The van der Waals surface area contributed by atoms with Gasteiger partial charge in [-0.15, -0.1) is 0 Å². The summed E-state index contributed by atoms with van der Waals surface area (Å²) in [5.74, 6) is 0.371. The molecule has 4 rings (SSSR count). The number of rotatable bonds is 8. The molecule has 190 valence electrons. The van der Waals surface area contributed by atoms with Crippen LogP contribution < -0.4 is 4.74 Å². The van der Waals surface area contributed by atoms with Gasteiger partial charge < -0.3 is 14.4 Å². The van der Waals surface area contributed by atoms with Crippen molar-refractivity contribution < 1.29 is 22.7 Å². The average Bonchev–Trinajstić information content (AvgIpc) is 3.27. The first kappa shape index (κ1) is 25.9. The van der Waals surface area contributed by atoms with Crippen molar-refractivity contribution in [3.8, 4) is 5.75 Å². The number of ether oxygens (including phenoxy) is 2. The molecule has 2 atom stereocenters. The van der Waals surface area contributed by atoms with Crippen molar-refractivity contribution in [1.29, 1.82) is 0 Å². The van der Waals surface area contributed by atoms with E-state index in [0.717, 1.165) is 22.3 Å². The smallest absolute Gasteiger partial charge is 0.254 e. The zero-order chi connectivity index (χ0) is 25.9. The predicted molar refractivity (Wildman–Crippen MR) is 140 cm³/mol. The van der Waals surface area contributed by atoms with E-state index >= 15 is 0 Å². The first-order chi connectivity index (χ1) is 17.2. The fourth-order valence-corrected chi connectivity index (χ4v) is 6.45. The molecule has 7 heteroatoms. The van der Waals surface area contributed by atoms with E-state index in [9.17, 15) is 13.2 Å². The van der Waals surface area contributed by atoms with E-state index in [2.05, 4.69) is 0 Å². The molecule has 0 spiro atoms. The molecule has 0 aromatic heterocycles. The van der Waals surface area contributed by atoms with Gasteiger partial charge in [-0.25, -0.2) is 8.42 Å². The Morgan fingerprint density at radius 3 is 2.44 bits per heavy atom. The molecule has 0 radical (unpaired) electrons. The number of likely N-dealkylation sites (tertiary alicyclic amines) is 1. The van der Waals surface area contributed by atoms with Gasteiger partial charge in [0.2, 0.25) is 0 Å². The minimum absolute atomic E-state index is 0.0254. The molecule has 2 unspecified atom stereocenters. The number of benzene rings is 3. The van der Waals surface area contributed by atoms with Crippen LogP contribution in [-0.4, -0.2) is 52.6 Å². The number of nitrogens with zero attached hydrogens (tertiary/aromatic N) is 1. The molecule has 0 N–H and O–H groups in total. The lowest BCUT2D eigenvalue weighted by Crippen LogP contribution is -2.30. The summed E-state index contributed by atoms with van der Waals surface area (Å²) in [6.45, 7) is 5.07. The number of carbonyl (C=O) groups is 1. The van der Waals surface area contributed by atoms with Gasteiger partial charge >= 0.3 is 0 Å². The Balaban J connectivity index is 1.49. The number of sulfone groups is 1. The van der Waals surface area contributed by atoms with Crippen LogP contribution in [0, 0.1) is 19.8 Å². The molecule has 0 saturated carbocycles. The highest BCUT2D eigenvalue weighted by molar-refractivity contribution is 7.90. The molecule has 6 nitrogen and oxygen atoms in total. The van der Waals surface area contributed by atoms with E-state index < -0.39 is 9.84 Å². The Labute approximate surface area is 213 Å².